The highest BCUT2D eigenvalue weighted by Gasteiger charge is 2.81. The van der Waals surface area contributed by atoms with E-state index in [2.05, 4.69) is 5.32 Å². The van der Waals surface area contributed by atoms with Crippen molar-refractivity contribution in [1.82, 2.24) is 0 Å². The first-order valence-corrected chi connectivity index (χ1v) is 8.92. The lowest BCUT2D eigenvalue weighted by Crippen LogP contribution is -2.59. The number of nitrogen functional groups attached to an aromatic ring is 1. The molecule has 2 aromatic rings. The highest BCUT2D eigenvalue weighted by molar-refractivity contribution is 6.06. The molecule has 184 valence electrons. The standard InChI is InChI=1S/C20H14F9N3O2/c1-9-5-12(17(21,19(24,25)26)18(22,23)20(27,28)29)7-14(34-2)15(9)32-16(33)10-3-4-11(8-30)13(31)6-10/h3-7H,31H2,1-2H3,(H,32,33). The molecule has 0 saturated heterocycles. The molecule has 0 radical (unpaired) electrons. The van der Waals surface area contributed by atoms with E-state index in [1.54, 1.807) is 6.07 Å². The molecule has 0 aromatic heterocycles. The van der Waals surface area contributed by atoms with Gasteiger partial charge in [0.1, 0.15) is 11.8 Å². The molecular weight excluding hydrogens is 485 g/mol. The molecule has 0 heterocycles. The summed E-state index contributed by atoms with van der Waals surface area (Å²) in [6.45, 7) is 0.928. The van der Waals surface area contributed by atoms with Crippen LogP contribution in [0.1, 0.15) is 27.0 Å². The molecule has 1 atom stereocenters. The van der Waals surface area contributed by atoms with Crippen molar-refractivity contribution in [3.63, 3.8) is 0 Å². The topological polar surface area (TPSA) is 88.1 Å². The number of nitrogens with zero attached hydrogens (tertiary/aromatic N) is 1. The van der Waals surface area contributed by atoms with Crippen LogP contribution in [0, 0.1) is 18.3 Å². The summed E-state index contributed by atoms with van der Waals surface area (Å²) >= 11 is 0. The van der Waals surface area contributed by atoms with E-state index in [0.29, 0.717) is 0 Å². The zero-order valence-corrected chi connectivity index (χ0v) is 17.1. The summed E-state index contributed by atoms with van der Waals surface area (Å²) in [7, 11) is 0.809. The van der Waals surface area contributed by atoms with Crippen LogP contribution in [-0.4, -0.2) is 31.3 Å². The predicted molar refractivity (Wildman–Crippen MR) is 101 cm³/mol. The molecule has 0 fully saturated rings. The molecule has 0 bridgehead atoms. The number of carbonyl (C=O) groups is 1. The van der Waals surface area contributed by atoms with E-state index >= 15 is 0 Å². The lowest BCUT2D eigenvalue weighted by molar-refractivity contribution is -0.389. The molecule has 0 aliphatic rings. The minimum absolute atomic E-state index is 0.0110. The Hall–Kier alpha value is -3.63. The predicted octanol–water partition coefficient (Wildman–Crippen LogP) is 5.63. The molecule has 0 aliphatic carbocycles. The van der Waals surface area contributed by atoms with Gasteiger partial charge in [-0.05, 0) is 42.8 Å². The van der Waals surface area contributed by atoms with Crippen LogP contribution >= 0.6 is 0 Å². The van der Waals surface area contributed by atoms with Crippen molar-refractivity contribution >= 4 is 17.3 Å². The van der Waals surface area contributed by atoms with Crippen molar-refractivity contribution in [2.45, 2.75) is 30.9 Å². The Morgan fingerprint density at radius 2 is 1.59 bits per heavy atom. The van der Waals surface area contributed by atoms with Gasteiger partial charge in [0, 0.05) is 11.1 Å². The molecule has 14 heteroatoms. The SMILES string of the molecule is COc1cc(C(F)(C(F)(F)F)C(F)(F)C(F)(F)F)cc(C)c1NC(=O)c1ccc(C#N)c(N)c1. The van der Waals surface area contributed by atoms with Crippen LogP contribution in [0.5, 0.6) is 5.75 Å². The van der Waals surface area contributed by atoms with E-state index in [1.165, 1.54) is 12.1 Å². The maximum absolute atomic E-state index is 14.8. The zero-order valence-electron chi connectivity index (χ0n) is 17.1. The highest BCUT2D eigenvalue weighted by atomic mass is 19.4. The molecule has 0 aliphatic heterocycles. The van der Waals surface area contributed by atoms with Crippen LogP contribution in [0.15, 0.2) is 30.3 Å². The molecule has 34 heavy (non-hydrogen) atoms. The number of carbonyl (C=O) groups excluding carboxylic acids is 1. The first-order valence-electron chi connectivity index (χ1n) is 8.92. The number of nitrogens with one attached hydrogen (secondary N) is 1. The summed E-state index contributed by atoms with van der Waals surface area (Å²) < 4.78 is 125. The van der Waals surface area contributed by atoms with E-state index in [-0.39, 0.29) is 28.9 Å². The number of methoxy groups -OCH3 is 1. The number of anilines is 2. The molecule has 1 amide bonds. The van der Waals surface area contributed by atoms with Crippen LogP contribution in [0.3, 0.4) is 0 Å². The smallest absolute Gasteiger partial charge is 0.457 e. The maximum Gasteiger partial charge on any atom is 0.457 e. The summed E-state index contributed by atoms with van der Waals surface area (Å²) in [5, 5.41) is 11.0. The van der Waals surface area contributed by atoms with E-state index in [9.17, 15) is 44.3 Å². The van der Waals surface area contributed by atoms with Gasteiger partial charge in [-0.1, -0.05) is 0 Å². The van der Waals surface area contributed by atoms with E-state index in [0.717, 1.165) is 20.1 Å². The fraction of sp³-hybridized carbons (Fsp3) is 0.300. The number of hydrogen-bond acceptors (Lipinski definition) is 4. The summed E-state index contributed by atoms with van der Waals surface area (Å²) in [6.07, 6.45) is -13.6. The van der Waals surface area contributed by atoms with Gasteiger partial charge >= 0.3 is 23.9 Å². The van der Waals surface area contributed by atoms with Crippen LogP contribution in [0.2, 0.25) is 0 Å². The summed E-state index contributed by atoms with van der Waals surface area (Å²) in [6, 6.07) is 5.28. The van der Waals surface area contributed by atoms with Crippen molar-refractivity contribution in [2.75, 3.05) is 18.2 Å². The van der Waals surface area contributed by atoms with Crippen molar-refractivity contribution in [2.24, 2.45) is 0 Å². The normalized spacial score (nSPS) is 14.2. The van der Waals surface area contributed by atoms with Crippen molar-refractivity contribution in [3.05, 3.63) is 52.6 Å². The second-order valence-electron chi connectivity index (χ2n) is 6.97. The Morgan fingerprint density at radius 3 is 2.03 bits per heavy atom. The summed E-state index contributed by atoms with van der Waals surface area (Å²) in [5.41, 5.74) is -3.80. The minimum Gasteiger partial charge on any atom is -0.495 e. The lowest BCUT2D eigenvalue weighted by Gasteiger charge is -2.36. The zero-order chi connectivity index (χ0) is 26.3. The maximum atomic E-state index is 14.8. The first-order chi connectivity index (χ1) is 15.4. The first kappa shape index (κ1) is 26.6. The van der Waals surface area contributed by atoms with Gasteiger partial charge in [-0.15, -0.1) is 0 Å². The van der Waals surface area contributed by atoms with Gasteiger partial charge in [0.05, 0.1) is 24.0 Å². The van der Waals surface area contributed by atoms with Gasteiger partial charge in [-0.3, -0.25) is 4.79 Å². The lowest BCUT2D eigenvalue weighted by atomic mass is 9.86. The van der Waals surface area contributed by atoms with Crippen LogP contribution < -0.4 is 15.8 Å². The van der Waals surface area contributed by atoms with Crippen molar-refractivity contribution in [3.8, 4) is 11.8 Å². The molecule has 0 spiro atoms. The van der Waals surface area contributed by atoms with E-state index in [1.807, 2.05) is 0 Å². The Bertz CT molecular complexity index is 1150. The number of aryl methyl sites for hydroxylation is 1. The Labute approximate surface area is 185 Å². The molecule has 2 aromatic carbocycles. The van der Waals surface area contributed by atoms with Gasteiger partial charge in [-0.25, -0.2) is 4.39 Å². The van der Waals surface area contributed by atoms with Gasteiger partial charge in [0.25, 0.3) is 5.91 Å². The van der Waals surface area contributed by atoms with Crippen LogP contribution in [0.25, 0.3) is 0 Å². The van der Waals surface area contributed by atoms with Gasteiger partial charge in [-0.2, -0.15) is 40.4 Å². The Kier molecular flexibility index (Phi) is 6.75. The molecule has 3 N–H and O–H groups in total. The average molecular weight is 499 g/mol. The van der Waals surface area contributed by atoms with E-state index in [4.69, 9.17) is 15.7 Å². The number of nitriles is 1. The second-order valence-corrected chi connectivity index (χ2v) is 6.97. The number of benzene rings is 2. The van der Waals surface area contributed by atoms with Gasteiger partial charge in [0.2, 0.25) is 0 Å². The minimum atomic E-state index is -6.89. The number of nitrogens with two attached hydrogens (primary N) is 1. The molecule has 1 unspecified atom stereocenters. The third-order valence-electron chi connectivity index (χ3n) is 4.77. The number of alkyl halides is 9. The highest BCUT2D eigenvalue weighted by Crippen LogP contribution is 2.59. The van der Waals surface area contributed by atoms with Crippen molar-refractivity contribution in [1.29, 1.82) is 5.26 Å². The Morgan fingerprint density at radius 1 is 1.00 bits per heavy atom. The monoisotopic (exact) mass is 499 g/mol. The van der Waals surface area contributed by atoms with Crippen LogP contribution in [-0.2, 0) is 5.67 Å². The second kappa shape index (κ2) is 8.62. The van der Waals surface area contributed by atoms with Gasteiger partial charge < -0.3 is 15.8 Å². The number of halogens is 9. The van der Waals surface area contributed by atoms with E-state index < -0.39 is 52.4 Å². The van der Waals surface area contributed by atoms with Crippen LogP contribution in [0.4, 0.5) is 50.9 Å². The fourth-order valence-corrected chi connectivity index (χ4v) is 2.98. The third-order valence-corrected chi connectivity index (χ3v) is 4.77. The van der Waals surface area contributed by atoms with Crippen molar-refractivity contribution < 1.29 is 49.0 Å². The summed E-state index contributed by atoms with van der Waals surface area (Å²) in [5.74, 6) is -8.64. The van der Waals surface area contributed by atoms with Gasteiger partial charge in [0.15, 0.2) is 0 Å². The number of amides is 1. The Balaban J connectivity index is 2.63. The molecular formula is C20H14F9N3O2. The average Bonchev–Trinajstić information content (AvgIpc) is 2.72. The largest absolute Gasteiger partial charge is 0.495 e. The number of ether oxygens (including phenoxy) is 1. The molecule has 5 nitrogen and oxygen atoms in total. The number of rotatable bonds is 5. The quantitative estimate of drug-likeness (QED) is 0.412. The fourth-order valence-electron chi connectivity index (χ4n) is 2.98. The molecule has 2 rings (SSSR count). The number of hydrogen-bond donors (Lipinski definition) is 2. The third kappa shape index (κ3) is 4.29. The summed E-state index contributed by atoms with van der Waals surface area (Å²) in [4.78, 5) is 12.5. The molecule has 0 saturated carbocycles.